The number of hydrogen-bond acceptors (Lipinski definition) is 6. The lowest BCUT2D eigenvalue weighted by molar-refractivity contribution is 0.0900. The number of nitrogens with one attached hydrogen (secondary N) is 2. The van der Waals surface area contributed by atoms with Gasteiger partial charge in [-0.1, -0.05) is 6.92 Å². The first-order valence-electron chi connectivity index (χ1n) is 6.40. The molecule has 1 aliphatic heterocycles. The molecule has 0 spiro atoms. The predicted molar refractivity (Wildman–Crippen MR) is 71.2 cm³/mol. The SMILES string of the molecule is CCC1OCCC1CNc1cc(NN)nc(C)n1. The van der Waals surface area contributed by atoms with E-state index in [9.17, 15) is 0 Å². The summed E-state index contributed by atoms with van der Waals surface area (Å²) in [5, 5.41) is 3.34. The molecule has 6 nitrogen and oxygen atoms in total. The molecule has 0 saturated carbocycles. The molecule has 2 heterocycles. The van der Waals surface area contributed by atoms with Gasteiger partial charge in [-0.25, -0.2) is 15.8 Å². The molecule has 2 rings (SSSR count). The number of rotatable bonds is 5. The Kier molecular flexibility index (Phi) is 4.33. The number of hydrazine groups is 1. The second-order valence-electron chi connectivity index (χ2n) is 4.58. The van der Waals surface area contributed by atoms with Crippen molar-refractivity contribution in [3.63, 3.8) is 0 Å². The lowest BCUT2D eigenvalue weighted by Gasteiger charge is -2.17. The van der Waals surface area contributed by atoms with Crippen molar-refractivity contribution in [2.45, 2.75) is 32.8 Å². The van der Waals surface area contributed by atoms with E-state index in [2.05, 4.69) is 27.6 Å². The van der Waals surface area contributed by atoms with Crippen LogP contribution in [-0.2, 0) is 4.74 Å². The van der Waals surface area contributed by atoms with Gasteiger partial charge >= 0.3 is 0 Å². The first-order chi connectivity index (χ1) is 8.72. The number of nitrogens with two attached hydrogens (primary N) is 1. The zero-order chi connectivity index (χ0) is 13.0. The van der Waals surface area contributed by atoms with Crippen LogP contribution in [0.2, 0.25) is 0 Å². The molecule has 6 heteroatoms. The molecule has 4 N–H and O–H groups in total. The normalized spacial score (nSPS) is 23.1. The lowest BCUT2D eigenvalue weighted by Crippen LogP contribution is -2.23. The summed E-state index contributed by atoms with van der Waals surface area (Å²) in [6.45, 7) is 5.75. The van der Waals surface area contributed by atoms with E-state index in [1.807, 2.05) is 13.0 Å². The first kappa shape index (κ1) is 13.0. The zero-order valence-corrected chi connectivity index (χ0v) is 10.9. The molecule has 0 radical (unpaired) electrons. The molecule has 1 aromatic rings. The van der Waals surface area contributed by atoms with Gasteiger partial charge in [0, 0.05) is 25.1 Å². The van der Waals surface area contributed by atoms with Gasteiger partial charge in [0.15, 0.2) is 0 Å². The van der Waals surface area contributed by atoms with Crippen LogP contribution in [0.3, 0.4) is 0 Å². The zero-order valence-electron chi connectivity index (χ0n) is 10.9. The van der Waals surface area contributed by atoms with Gasteiger partial charge < -0.3 is 15.5 Å². The largest absolute Gasteiger partial charge is 0.378 e. The Bertz CT molecular complexity index is 398. The molecule has 2 atom stereocenters. The molecule has 0 amide bonds. The average molecular weight is 251 g/mol. The summed E-state index contributed by atoms with van der Waals surface area (Å²) >= 11 is 0. The Morgan fingerprint density at radius 2 is 2.22 bits per heavy atom. The van der Waals surface area contributed by atoms with Crippen LogP contribution in [0.15, 0.2) is 6.07 Å². The Morgan fingerprint density at radius 3 is 2.94 bits per heavy atom. The molecule has 18 heavy (non-hydrogen) atoms. The molecule has 1 fully saturated rings. The van der Waals surface area contributed by atoms with Crippen molar-refractivity contribution in [3.05, 3.63) is 11.9 Å². The molecule has 1 aromatic heterocycles. The van der Waals surface area contributed by atoms with E-state index in [0.717, 1.165) is 31.8 Å². The second kappa shape index (κ2) is 5.97. The van der Waals surface area contributed by atoms with Crippen molar-refractivity contribution in [3.8, 4) is 0 Å². The van der Waals surface area contributed by atoms with Crippen LogP contribution in [0.5, 0.6) is 0 Å². The fourth-order valence-electron chi connectivity index (χ4n) is 2.35. The molecule has 1 aliphatic rings. The van der Waals surface area contributed by atoms with Gasteiger partial charge in [-0.2, -0.15) is 0 Å². The maximum atomic E-state index is 5.67. The van der Waals surface area contributed by atoms with Gasteiger partial charge in [-0.3, -0.25) is 0 Å². The van der Waals surface area contributed by atoms with E-state index in [1.165, 1.54) is 0 Å². The van der Waals surface area contributed by atoms with E-state index in [4.69, 9.17) is 10.6 Å². The van der Waals surface area contributed by atoms with Crippen LogP contribution >= 0.6 is 0 Å². The topological polar surface area (TPSA) is 85.1 Å². The minimum Gasteiger partial charge on any atom is -0.378 e. The summed E-state index contributed by atoms with van der Waals surface area (Å²) in [7, 11) is 0. The maximum absolute atomic E-state index is 5.67. The number of aryl methyl sites for hydroxylation is 1. The highest BCUT2D eigenvalue weighted by atomic mass is 16.5. The van der Waals surface area contributed by atoms with Gasteiger partial charge in [0.05, 0.1) is 6.10 Å². The lowest BCUT2D eigenvalue weighted by atomic mass is 10.00. The second-order valence-corrected chi connectivity index (χ2v) is 4.58. The molecule has 0 bridgehead atoms. The number of anilines is 2. The first-order valence-corrected chi connectivity index (χ1v) is 6.40. The standard InChI is InChI=1S/C12H21N5O/c1-3-10-9(4-5-18-10)7-14-11-6-12(17-13)16-8(2)15-11/h6,9-10H,3-5,7,13H2,1-2H3,(H2,14,15,16,17). The van der Waals surface area contributed by atoms with E-state index >= 15 is 0 Å². The minimum absolute atomic E-state index is 0.368. The summed E-state index contributed by atoms with van der Waals surface area (Å²) in [6, 6.07) is 1.81. The quantitative estimate of drug-likeness (QED) is 0.540. The Labute approximate surface area is 107 Å². The Balaban J connectivity index is 1.95. The monoisotopic (exact) mass is 251 g/mol. The number of aromatic nitrogens is 2. The summed E-state index contributed by atoms with van der Waals surface area (Å²) in [5.74, 6) is 8.04. The molecular formula is C12H21N5O. The molecule has 0 aromatic carbocycles. The summed E-state index contributed by atoms with van der Waals surface area (Å²) in [5.41, 5.74) is 2.54. The average Bonchev–Trinajstić information content (AvgIpc) is 2.83. The van der Waals surface area contributed by atoms with Crippen molar-refractivity contribution >= 4 is 11.6 Å². The van der Waals surface area contributed by atoms with Gasteiger partial charge in [0.2, 0.25) is 0 Å². The highest BCUT2D eigenvalue weighted by Gasteiger charge is 2.26. The van der Waals surface area contributed by atoms with Crippen LogP contribution in [-0.4, -0.2) is 29.2 Å². The highest BCUT2D eigenvalue weighted by Crippen LogP contribution is 2.23. The Morgan fingerprint density at radius 1 is 1.44 bits per heavy atom. The highest BCUT2D eigenvalue weighted by molar-refractivity contribution is 5.46. The fraction of sp³-hybridized carbons (Fsp3) is 0.667. The summed E-state index contributed by atoms with van der Waals surface area (Å²) < 4.78 is 5.67. The van der Waals surface area contributed by atoms with E-state index in [1.54, 1.807) is 0 Å². The van der Waals surface area contributed by atoms with Crippen LogP contribution < -0.4 is 16.6 Å². The van der Waals surface area contributed by atoms with Crippen molar-refractivity contribution in [1.82, 2.24) is 9.97 Å². The van der Waals surface area contributed by atoms with Gasteiger partial charge in [-0.15, -0.1) is 0 Å². The van der Waals surface area contributed by atoms with Crippen LogP contribution in [0.1, 0.15) is 25.6 Å². The molecular weight excluding hydrogens is 230 g/mol. The van der Waals surface area contributed by atoms with E-state index in [0.29, 0.717) is 23.7 Å². The Hall–Kier alpha value is -1.40. The van der Waals surface area contributed by atoms with Crippen LogP contribution in [0, 0.1) is 12.8 Å². The third-order valence-electron chi connectivity index (χ3n) is 3.28. The van der Waals surface area contributed by atoms with Crippen molar-refractivity contribution in [2.75, 3.05) is 23.9 Å². The maximum Gasteiger partial charge on any atom is 0.145 e. The summed E-state index contributed by atoms with van der Waals surface area (Å²) in [4.78, 5) is 8.49. The van der Waals surface area contributed by atoms with Gasteiger partial charge in [0.1, 0.15) is 17.5 Å². The van der Waals surface area contributed by atoms with Gasteiger partial charge in [-0.05, 0) is 19.8 Å². The summed E-state index contributed by atoms with van der Waals surface area (Å²) in [6.07, 6.45) is 2.54. The molecule has 0 aliphatic carbocycles. The van der Waals surface area contributed by atoms with Crippen molar-refractivity contribution in [2.24, 2.45) is 11.8 Å². The predicted octanol–water partition coefficient (Wildman–Crippen LogP) is 1.30. The smallest absolute Gasteiger partial charge is 0.145 e. The van der Waals surface area contributed by atoms with Crippen molar-refractivity contribution in [1.29, 1.82) is 0 Å². The number of nitrogens with zero attached hydrogens (tertiary/aromatic N) is 2. The van der Waals surface area contributed by atoms with Gasteiger partial charge in [0.25, 0.3) is 0 Å². The molecule has 2 unspecified atom stereocenters. The van der Waals surface area contributed by atoms with Crippen molar-refractivity contribution < 1.29 is 4.74 Å². The van der Waals surface area contributed by atoms with E-state index in [-0.39, 0.29) is 0 Å². The minimum atomic E-state index is 0.368. The number of hydrogen-bond donors (Lipinski definition) is 3. The van der Waals surface area contributed by atoms with Crippen LogP contribution in [0.25, 0.3) is 0 Å². The third-order valence-corrected chi connectivity index (χ3v) is 3.28. The van der Waals surface area contributed by atoms with Crippen LogP contribution in [0.4, 0.5) is 11.6 Å². The number of ether oxygens (including phenoxy) is 1. The number of nitrogen functional groups attached to an aromatic ring is 1. The molecule has 1 saturated heterocycles. The van der Waals surface area contributed by atoms with E-state index < -0.39 is 0 Å². The molecule has 100 valence electrons. The third kappa shape index (κ3) is 3.08. The fourth-order valence-corrected chi connectivity index (χ4v) is 2.35.